The van der Waals surface area contributed by atoms with Gasteiger partial charge in [0.1, 0.15) is 0 Å². The molecule has 0 spiro atoms. The molecule has 1 unspecified atom stereocenters. The third-order valence-electron chi connectivity index (χ3n) is 3.51. The highest BCUT2D eigenvalue weighted by molar-refractivity contribution is 6.42. The second-order valence-corrected chi connectivity index (χ2v) is 5.84. The second-order valence-electron chi connectivity index (χ2n) is 5.05. The van der Waals surface area contributed by atoms with E-state index in [0.717, 1.165) is 30.8 Å². The summed E-state index contributed by atoms with van der Waals surface area (Å²) in [6.45, 7) is 7.95. The van der Waals surface area contributed by atoms with E-state index < -0.39 is 0 Å². The second kappa shape index (κ2) is 7.30. The molecule has 0 bridgehead atoms. The van der Waals surface area contributed by atoms with Crippen LogP contribution in [0.4, 0.5) is 0 Å². The van der Waals surface area contributed by atoms with E-state index in [-0.39, 0.29) is 6.04 Å². The molecular weight excluding hydrogens is 305 g/mol. The molecule has 0 aliphatic rings. The van der Waals surface area contributed by atoms with Crippen LogP contribution in [0.25, 0.3) is 0 Å². The molecule has 1 aromatic carbocycles. The molecule has 1 N–H and O–H groups in total. The Hall–Kier alpha value is -1.03. The fraction of sp³-hybridized carbons (Fsp3) is 0.438. The first-order chi connectivity index (χ1) is 10.1. The number of halogens is 2. The van der Waals surface area contributed by atoms with E-state index in [2.05, 4.69) is 30.3 Å². The highest BCUT2D eigenvalue weighted by Crippen LogP contribution is 2.31. The molecule has 1 atom stereocenters. The summed E-state index contributed by atoms with van der Waals surface area (Å²) in [6, 6.07) is 8.04. The van der Waals surface area contributed by atoms with Gasteiger partial charge in [0.25, 0.3) is 0 Å². The van der Waals surface area contributed by atoms with Crippen molar-refractivity contribution < 1.29 is 0 Å². The molecule has 0 saturated heterocycles. The lowest BCUT2D eigenvalue weighted by molar-refractivity contribution is 0.516. The number of likely N-dealkylation sites (N-methyl/N-ethyl adjacent to an activating group) is 1. The maximum Gasteiger partial charge on any atom is 0.0640 e. The molecule has 5 heteroatoms. The molecule has 2 rings (SSSR count). The average molecular weight is 326 g/mol. The molecule has 0 amide bonds. The molecule has 3 nitrogen and oxygen atoms in total. The Morgan fingerprint density at radius 2 is 2.05 bits per heavy atom. The zero-order chi connectivity index (χ0) is 15.4. The van der Waals surface area contributed by atoms with Crippen LogP contribution in [0, 0.1) is 6.92 Å². The van der Waals surface area contributed by atoms with Crippen LogP contribution in [-0.4, -0.2) is 16.3 Å². The van der Waals surface area contributed by atoms with Crippen molar-refractivity contribution in [3.63, 3.8) is 0 Å². The highest BCUT2D eigenvalue weighted by atomic mass is 35.5. The molecule has 0 aliphatic heterocycles. The number of hydrogen-bond donors (Lipinski definition) is 1. The maximum atomic E-state index is 6.37. The van der Waals surface area contributed by atoms with Crippen molar-refractivity contribution in [1.29, 1.82) is 0 Å². The average Bonchev–Trinajstić information content (AvgIpc) is 2.81. The molecule has 0 aliphatic carbocycles. The standard InChI is InChI=1S/C16H21Cl2N3/c1-4-19-15(13-7-6-8-14(17)16(13)18)10-12-9-11(3)20-21(12)5-2/h6-9,15,19H,4-5,10H2,1-3H3. The third-order valence-corrected chi connectivity index (χ3v) is 4.34. The number of nitrogens with one attached hydrogen (secondary N) is 1. The van der Waals surface area contributed by atoms with Gasteiger partial charge in [0.05, 0.1) is 15.7 Å². The van der Waals surface area contributed by atoms with Crippen molar-refractivity contribution in [3.05, 3.63) is 51.3 Å². The lowest BCUT2D eigenvalue weighted by Crippen LogP contribution is -2.24. The zero-order valence-corrected chi connectivity index (χ0v) is 14.2. The largest absolute Gasteiger partial charge is 0.310 e. The summed E-state index contributed by atoms with van der Waals surface area (Å²) in [5.74, 6) is 0. The van der Waals surface area contributed by atoms with Gasteiger partial charge in [0.15, 0.2) is 0 Å². The Kier molecular flexibility index (Phi) is 5.68. The van der Waals surface area contributed by atoms with Gasteiger partial charge in [-0.05, 0) is 38.1 Å². The minimum Gasteiger partial charge on any atom is -0.310 e. The van der Waals surface area contributed by atoms with Crippen molar-refractivity contribution >= 4 is 23.2 Å². The first-order valence-electron chi connectivity index (χ1n) is 7.27. The van der Waals surface area contributed by atoms with Crippen LogP contribution < -0.4 is 5.32 Å². The van der Waals surface area contributed by atoms with Crippen molar-refractivity contribution in [3.8, 4) is 0 Å². The number of aromatic nitrogens is 2. The van der Waals surface area contributed by atoms with Crippen LogP contribution in [0.1, 0.15) is 36.8 Å². The molecule has 0 fully saturated rings. The van der Waals surface area contributed by atoms with Crippen LogP contribution in [0.2, 0.25) is 10.0 Å². The summed E-state index contributed by atoms with van der Waals surface area (Å²) in [5.41, 5.74) is 3.28. The van der Waals surface area contributed by atoms with E-state index >= 15 is 0 Å². The predicted molar refractivity (Wildman–Crippen MR) is 89.2 cm³/mol. The van der Waals surface area contributed by atoms with Crippen molar-refractivity contribution in [2.45, 2.75) is 39.8 Å². The molecule has 114 valence electrons. The third kappa shape index (κ3) is 3.79. The predicted octanol–water partition coefficient (Wildman–Crippen LogP) is 4.41. The molecule has 2 aromatic rings. The highest BCUT2D eigenvalue weighted by Gasteiger charge is 2.18. The molecule has 0 radical (unpaired) electrons. The fourth-order valence-corrected chi connectivity index (χ4v) is 3.01. The Balaban J connectivity index is 2.33. The van der Waals surface area contributed by atoms with Gasteiger partial charge in [-0.3, -0.25) is 4.68 Å². The summed E-state index contributed by atoms with van der Waals surface area (Å²) in [6.07, 6.45) is 0.836. The van der Waals surface area contributed by atoms with Crippen molar-refractivity contribution in [2.75, 3.05) is 6.54 Å². The minimum atomic E-state index is 0.127. The monoisotopic (exact) mass is 325 g/mol. The van der Waals surface area contributed by atoms with Crippen LogP contribution in [0.5, 0.6) is 0 Å². The summed E-state index contributed by atoms with van der Waals surface area (Å²) >= 11 is 12.5. The topological polar surface area (TPSA) is 29.9 Å². The van der Waals surface area contributed by atoms with Crippen molar-refractivity contribution in [2.24, 2.45) is 0 Å². The Morgan fingerprint density at radius 3 is 2.71 bits per heavy atom. The fourth-order valence-electron chi connectivity index (χ4n) is 2.57. The van der Waals surface area contributed by atoms with Gasteiger partial charge in [-0.25, -0.2) is 0 Å². The zero-order valence-electron chi connectivity index (χ0n) is 12.7. The normalized spacial score (nSPS) is 12.6. The molecule has 1 heterocycles. The summed E-state index contributed by atoms with van der Waals surface area (Å²) in [5, 5.41) is 9.22. The van der Waals surface area contributed by atoms with Gasteiger partial charge >= 0.3 is 0 Å². The summed E-state index contributed by atoms with van der Waals surface area (Å²) in [7, 11) is 0. The molecule has 0 saturated carbocycles. The quantitative estimate of drug-likeness (QED) is 0.852. The Labute approximate surface area is 136 Å². The first-order valence-corrected chi connectivity index (χ1v) is 8.03. The summed E-state index contributed by atoms with van der Waals surface area (Å²) < 4.78 is 2.04. The Morgan fingerprint density at radius 1 is 1.29 bits per heavy atom. The lowest BCUT2D eigenvalue weighted by atomic mass is 10.0. The van der Waals surface area contributed by atoms with E-state index in [1.807, 2.05) is 29.8 Å². The molecule has 1 aromatic heterocycles. The number of rotatable bonds is 6. The van der Waals surface area contributed by atoms with Gasteiger partial charge in [0, 0.05) is 24.7 Å². The van der Waals surface area contributed by atoms with Crippen LogP contribution >= 0.6 is 23.2 Å². The van der Waals surface area contributed by atoms with Crippen molar-refractivity contribution in [1.82, 2.24) is 15.1 Å². The smallest absolute Gasteiger partial charge is 0.0640 e. The van der Waals surface area contributed by atoms with Gasteiger partial charge in [-0.2, -0.15) is 5.10 Å². The number of nitrogens with zero attached hydrogens (tertiary/aromatic N) is 2. The maximum absolute atomic E-state index is 6.37. The SMILES string of the molecule is CCNC(Cc1cc(C)nn1CC)c1cccc(Cl)c1Cl. The number of hydrogen-bond acceptors (Lipinski definition) is 2. The van der Waals surface area contributed by atoms with E-state index in [4.69, 9.17) is 23.2 Å². The van der Waals surface area contributed by atoms with Gasteiger partial charge in [-0.1, -0.05) is 42.3 Å². The van der Waals surface area contributed by atoms with E-state index in [9.17, 15) is 0 Å². The Bertz CT molecular complexity index is 608. The summed E-state index contributed by atoms with van der Waals surface area (Å²) in [4.78, 5) is 0. The van der Waals surface area contributed by atoms with Crippen LogP contribution in [0.3, 0.4) is 0 Å². The lowest BCUT2D eigenvalue weighted by Gasteiger charge is -2.20. The number of aryl methyl sites for hydroxylation is 2. The number of benzene rings is 1. The van der Waals surface area contributed by atoms with Gasteiger partial charge in [-0.15, -0.1) is 0 Å². The van der Waals surface area contributed by atoms with E-state index in [0.29, 0.717) is 10.0 Å². The first kappa shape index (κ1) is 16.3. The van der Waals surface area contributed by atoms with Gasteiger partial charge < -0.3 is 5.32 Å². The van der Waals surface area contributed by atoms with Gasteiger partial charge in [0.2, 0.25) is 0 Å². The van der Waals surface area contributed by atoms with E-state index in [1.165, 1.54) is 5.69 Å². The molecular formula is C16H21Cl2N3. The van der Waals surface area contributed by atoms with Crippen LogP contribution in [0.15, 0.2) is 24.3 Å². The molecule has 21 heavy (non-hydrogen) atoms. The minimum absolute atomic E-state index is 0.127. The van der Waals surface area contributed by atoms with Crippen LogP contribution in [-0.2, 0) is 13.0 Å². The van der Waals surface area contributed by atoms with E-state index in [1.54, 1.807) is 0 Å².